The number of aryl methyl sites for hydroxylation is 1. The smallest absolute Gasteiger partial charge is 0.257 e. The van der Waals surface area contributed by atoms with Gasteiger partial charge in [-0.3, -0.25) is 4.79 Å². The molecule has 1 aliphatic heterocycles. The van der Waals surface area contributed by atoms with Crippen LogP contribution in [0.5, 0.6) is 0 Å². The third-order valence-electron chi connectivity index (χ3n) is 4.68. The van der Waals surface area contributed by atoms with Crippen molar-refractivity contribution in [2.24, 2.45) is 5.92 Å². The van der Waals surface area contributed by atoms with Crippen molar-refractivity contribution in [2.75, 3.05) is 25.5 Å². The number of hydrogen-bond donors (Lipinski definition) is 1. The van der Waals surface area contributed by atoms with Gasteiger partial charge in [-0.2, -0.15) is 0 Å². The molecule has 0 saturated carbocycles. The highest BCUT2D eigenvalue weighted by molar-refractivity contribution is 5.93. The number of carbonyl (C=O) groups excluding carboxylic acids is 1. The second kappa shape index (κ2) is 8.05. The van der Waals surface area contributed by atoms with Crippen LogP contribution in [0.25, 0.3) is 0 Å². The van der Waals surface area contributed by atoms with Gasteiger partial charge < -0.3 is 10.2 Å². The Labute approximate surface area is 147 Å². The molecule has 6 heteroatoms. The first-order valence-corrected chi connectivity index (χ1v) is 8.69. The summed E-state index contributed by atoms with van der Waals surface area (Å²) >= 11 is 0. The van der Waals surface area contributed by atoms with Crippen molar-refractivity contribution >= 4 is 11.9 Å². The van der Waals surface area contributed by atoms with Crippen LogP contribution in [0.2, 0.25) is 0 Å². The number of nitrogens with zero attached hydrogens (tertiary/aromatic N) is 3. The summed E-state index contributed by atoms with van der Waals surface area (Å²) in [7, 11) is 1.74. The Morgan fingerprint density at radius 1 is 1.28 bits per heavy atom. The molecule has 25 heavy (non-hydrogen) atoms. The lowest BCUT2D eigenvalue weighted by atomic mass is 9.91. The van der Waals surface area contributed by atoms with Crippen LogP contribution in [0.4, 0.5) is 10.3 Å². The molecule has 5 nitrogen and oxygen atoms in total. The second-order valence-corrected chi connectivity index (χ2v) is 6.47. The highest BCUT2D eigenvalue weighted by Crippen LogP contribution is 2.23. The molecule has 0 bridgehead atoms. The van der Waals surface area contributed by atoms with E-state index in [-0.39, 0.29) is 11.7 Å². The Hall–Kier alpha value is -2.50. The van der Waals surface area contributed by atoms with Crippen molar-refractivity contribution in [2.45, 2.75) is 25.7 Å². The Bertz CT molecular complexity index is 702. The summed E-state index contributed by atoms with van der Waals surface area (Å²) in [4.78, 5) is 22.8. The fourth-order valence-corrected chi connectivity index (χ4v) is 3.26. The van der Waals surface area contributed by atoms with E-state index in [4.69, 9.17) is 0 Å². The van der Waals surface area contributed by atoms with Crippen molar-refractivity contribution in [1.82, 2.24) is 14.9 Å². The number of hydrogen-bond acceptors (Lipinski definition) is 4. The van der Waals surface area contributed by atoms with Gasteiger partial charge in [-0.25, -0.2) is 14.4 Å². The Kier molecular flexibility index (Phi) is 5.58. The molecule has 1 unspecified atom stereocenters. The standard InChI is InChI=1S/C19H23FN4O/c1-21-19-22-11-16(12-23-19)18(25)24-10-2-3-15(13-24)5-4-14-6-8-17(20)9-7-14/h6-9,11-12,15H,2-5,10,13H2,1H3,(H,21,22,23). The van der Waals surface area contributed by atoms with E-state index >= 15 is 0 Å². The first-order chi connectivity index (χ1) is 12.2. The molecule has 3 rings (SSSR count). The number of benzene rings is 1. The molecule has 1 fully saturated rings. The molecule has 0 radical (unpaired) electrons. The molecule has 0 spiro atoms. The number of halogens is 1. The number of carbonyl (C=O) groups is 1. The highest BCUT2D eigenvalue weighted by Gasteiger charge is 2.24. The van der Waals surface area contributed by atoms with Crippen LogP contribution in [0, 0.1) is 11.7 Å². The number of rotatable bonds is 5. The average Bonchev–Trinajstić information content (AvgIpc) is 2.67. The topological polar surface area (TPSA) is 58.1 Å². The minimum absolute atomic E-state index is 0.00543. The Morgan fingerprint density at radius 3 is 2.68 bits per heavy atom. The van der Waals surface area contributed by atoms with E-state index in [0.717, 1.165) is 44.3 Å². The monoisotopic (exact) mass is 342 g/mol. The summed E-state index contributed by atoms with van der Waals surface area (Å²) in [5, 5.41) is 2.84. The molecule has 2 aromatic rings. The highest BCUT2D eigenvalue weighted by atomic mass is 19.1. The van der Waals surface area contributed by atoms with Crippen molar-refractivity contribution in [3.8, 4) is 0 Å². The Balaban J connectivity index is 1.56. The van der Waals surface area contributed by atoms with Crippen LogP contribution in [0.3, 0.4) is 0 Å². The molecule has 132 valence electrons. The van der Waals surface area contributed by atoms with Gasteiger partial charge >= 0.3 is 0 Å². The van der Waals surface area contributed by atoms with Crippen molar-refractivity contribution in [3.05, 3.63) is 53.6 Å². The molecule has 1 atom stereocenters. The van der Waals surface area contributed by atoms with Gasteiger partial charge in [0.25, 0.3) is 5.91 Å². The van der Waals surface area contributed by atoms with Gasteiger partial charge in [-0.05, 0) is 49.3 Å². The van der Waals surface area contributed by atoms with Crippen LogP contribution in [-0.4, -0.2) is 40.9 Å². The molecule has 1 N–H and O–H groups in total. The number of nitrogens with one attached hydrogen (secondary N) is 1. The largest absolute Gasteiger partial charge is 0.357 e. The zero-order valence-corrected chi connectivity index (χ0v) is 14.4. The van der Waals surface area contributed by atoms with Gasteiger partial charge in [0, 0.05) is 32.5 Å². The summed E-state index contributed by atoms with van der Waals surface area (Å²) in [6.45, 7) is 1.54. The van der Waals surface area contributed by atoms with Crippen LogP contribution in [0.15, 0.2) is 36.7 Å². The second-order valence-electron chi connectivity index (χ2n) is 6.47. The van der Waals surface area contributed by atoms with Gasteiger partial charge in [-0.15, -0.1) is 0 Å². The third kappa shape index (κ3) is 4.53. The summed E-state index contributed by atoms with van der Waals surface area (Å²) in [5.41, 5.74) is 1.67. The van der Waals surface area contributed by atoms with Gasteiger partial charge in [0.1, 0.15) is 5.82 Å². The van der Waals surface area contributed by atoms with Crippen molar-refractivity contribution in [1.29, 1.82) is 0 Å². The third-order valence-corrected chi connectivity index (χ3v) is 4.68. The van der Waals surface area contributed by atoms with E-state index < -0.39 is 0 Å². The molecule has 1 aliphatic rings. The fraction of sp³-hybridized carbons (Fsp3) is 0.421. The molecule has 0 aliphatic carbocycles. The van der Waals surface area contributed by atoms with Crippen molar-refractivity contribution in [3.63, 3.8) is 0 Å². The predicted octanol–water partition coefficient (Wildman–Crippen LogP) is 3.14. The van der Waals surface area contributed by atoms with E-state index in [1.807, 2.05) is 17.0 Å². The number of anilines is 1. The molecule has 1 aromatic carbocycles. The van der Waals surface area contributed by atoms with E-state index in [0.29, 0.717) is 17.4 Å². The summed E-state index contributed by atoms with van der Waals surface area (Å²) in [5.74, 6) is 0.770. The van der Waals surface area contributed by atoms with Crippen LogP contribution >= 0.6 is 0 Å². The minimum Gasteiger partial charge on any atom is -0.357 e. The first kappa shape index (κ1) is 17.3. The Morgan fingerprint density at radius 2 is 2.00 bits per heavy atom. The predicted molar refractivity (Wildman–Crippen MR) is 94.9 cm³/mol. The van der Waals surface area contributed by atoms with Crippen LogP contribution < -0.4 is 5.32 Å². The molecule has 1 amide bonds. The van der Waals surface area contributed by atoms with Crippen LogP contribution in [0.1, 0.15) is 35.2 Å². The number of piperidine rings is 1. The number of likely N-dealkylation sites (tertiary alicyclic amines) is 1. The van der Waals surface area contributed by atoms with E-state index in [2.05, 4.69) is 15.3 Å². The SMILES string of the molecule is CNc1ncc(C(=O)N2CCCC(CCc3ccc(F)cc3)C2)cn1. The van der Waals surface area contributed by atoms with Gasteiger partial charge in [0.15, 0.2) is 0 Å². The molecule has 1 saturated heterocycles. The quantitative estimate of drug-likeness (QED) is 0.907. The zero-order chi connectivity index (χ0) is 17.6. The molecule has 2 heterocycles. The maximum Gasteiger partial charge on any atom is 0.257 e. The summed E-state index contributed by atoms with van der Waals surface area (Å²) in [6, 6.07) is 6.67. The van der Waals surface area contributed by atoms with Gasteiger partial charge in [0.05, 0.1) is 5.56 Å². The number of amides is 1. The maximum absolute atomic E-state index is 13.0. The molecular weight excluding hydrogens is 319 g/mol. The number of aromatic nitrogens is 2. The fourth-order valence-electron chi connectivity index (χ4n) is 3.26. The summed E-state index contributed by atoms with van der Waals surface area (Å²) in [6.07, 6.45) is 7.19. The lowest BCUT2D eigenvalue weighted by molar-refractivity contribution is 0.0667. The van der Waals surface area contributed by atoms with Gasteiger partial charge in [0.2, 0.25) is 5.95 Å². The van der Waals surface area contributed by atoms with Gasteiger partial charge in [-0.1, -0.05) is 12.1 Å². The van der Waals surface area contributed by atoms with E-state index in [1.165, 1.54) is 12.1 Å². The normalized spacial score (nSPS) is 17.4. The lowest BCUT2D eigenvalue weighted by Crippen LogP contribution is -2.40. The zero-order valence-electron chi connectivity index (χ0n) is 14.4. The van der Waals surface area contributed by atoms with Crippen LogP contribution in [-0.2, 0) is 6.42 Å². The average molecular weight is 342 g/mol. The summed E-state index contributed by atoms with van der Waals surface area (Å²) < 4.78 is 13.0. The molecular formula is C19H23FN4O. The van der Waals surface area contributed by atoms with E-state index in [1.54, 1.807) is 19.4 Å². The van der Waals surface area contributed by atoms with Crippen molar-refractivity contribution < 1.29 is 9.18 Å². The lowest BCUT2D eigenvalue weighted by Gasteiger charge is -2.32. The maximum atomic E-state index is 13.0. The van der Waals surface area contributed by atoms with E-state index in [9.17, 15) is 9.18 Å². The first-order valence-electron chi connectivity index (χ1n) is 8.69. The molecule has 1 aromatic heterocycles. The minimum atomic E-state index is -0.204.